The molecule has 34 heavy (non-hydrogen) atoms. The molecule has 0 radical (unpaired) electrons. The maximum Gasteiger partial charge on any atom is 0.269 e. The molecule has 9 heteroatoms. The lowest BCUT2D eigenvalue weighted by Gasteiger charge is -2.30. The Bertz CT molecular complexity index is 1300. The fourth-order valence-electron chi connectivity index (χ4n) is 3.75. The Morgan fingerprint density at radius 3 is 1.44 bits per heavy atom. The van der Waals surface area contributed by atoms with Crippen LogP contribution in [0.3, 0.4) is 0 Å². The minimum Gasteiger partial charge on any atom is -0.371 e. The van der Waals surface area contributed by atoms with Crippen molar-refractivity contribution in [2.75, 3.05) is 5.32 Å². The first kappa shape index (κ1) is 22.9. The summed E-state index contributed by atoms with van der Waals surface area (Å²) < 4.78 is 15.0. The average molecular weight is 473 g/mol. The first-order valence-corrected chi connectivity index (χ1v) is 12.1. The number of benzene rings is 4. The van der Waals surface area contributed by atoms with Gasteiger partial charge in [-0.1, -0.05) is 60.7 Å². The number of rotatable bonds is 8. The highest BCUT2D eigenvalue weighted by molar-refractivity contribution is 7.79. The zero-order chi connectivity index (χ0) is 24.1. The first-order chi connectivity index (χ1) is 16.4. The van der Waals surface area contributed by atoms with E-state index < -0.39 is 22.8 Å². The highest BCUT2D eigenvalue weighted by atomic mass is 31.2. The van der Waals surface area contributed by atoms with Crippen LogP contribution < -0.4 is 15.9 Å². The molecule has 0 fully saturated rings. The van der Waals surface area contributed by atoms with Crippen LogP contribution in [0.2, 0.25) is 0 Å². The fraction of sp³-hybridized carbons (Fsp3) is 0.0400. The van der Waals surface area contributed by atoms with E-state index in [0.717, 1.165) is 0 Å². The van der Waals surface area contributed by atoms with Gasteiger partial charge < -0.3 is 9.88 Å². The number of non-ortho nitro benzene ring substituents is 2. The van der Waals surface area contributed by atoms with E-state index >= 15 is 4.57 Å². The van der Waals surface area contributed by atoms with Crippen LogP contribution in [0.15, 0.2) is 109 Å². The van der Waals surface area contributed by atoms with Crippen LogP contribution >= 0.6 is 7.14 Å². The standard InChI is InChI=1S/C25H20N3O5P/c29-27(30)21-15-11-19(12-16-21)25(26-20-13-17-22(18-14-20)28(31)32)34(33,23-7-3-1-4-8-23)24-9-5-2-6-10-24/h1-18,25-26H/t25-/m0/s1. The molecule has 0 unspecified atom stereocenters. The lowest BCUT2D eigenvalue weighted by atomic mass is 10.2. The molecule has 0 spiro atoms. The third kappa shape index (κ3) is 4.58. The van der Waals surface area contributed by atoms with Gasteiger partial charge in [0, 0.05) is 40.6 Å². The van der Waals surface area contributed by atoms with Crippen molar-refractivity contribution >= 4 is 34.8 Å². The molecule has 170 valence electrons. The fourth-order valence-corrected chi connectivity index (χ4v) is 6.79. The monoisotopic (exact) mass is 473 g/mol. The summed E-state index contributed by atoms with van der Waals surface area (Å²) in [6, 6.07) is 29.8. The summed E-state index contributed by atoms with van der Waals surface area (Å²) in [4.78, 5) is 21.3. The van der Waals surface area contributed by atoms with Crippen molar-refractivity contribution in [3.05, 3.63) is 135 Å². The van der Waals surface area contributed by atoms with E-state index in [-0.39, 0.29) is 11.4 Å². The molecule has 0 aliphatic carbocycles. The van der Waals surface area contributed by atoms with Gasteiger partial charge in [0.15, 0.2) is 7.14 Å². The molecule has 4 aromatic carbocycles. The van der Waals surface area contributed by atoms with Crippen molar-refractivity contribution in [1.29, 1.82) is 0 Å². The SMILES string of the molecule is O=[N+]([O-])c1ccc(N[C@H](c2ccc([N+](=O)[O-])cc2)P(=O)(c2ccccc2)c2ccccc2)cc1. The molecule has 4 rings (SSSR count). The Balaban J connectivity index is 1.89. The Labute approximate surface area is 195 Å². The maximum absolute atomic E-state index is 15.0. The minimum absolute atomic E-state index is 0.0632. The van der Waals surface area contributed by atoms with Crippen molar-refractivity contribution in [2.45, 2.75) is 5.78 Å². The third-order valence-corrected chi connectivity index (χ3v) is 8.73. The van der Waals surface area contributed by atoms with Crippen LogP contribution in [0, 0.1) is 20.2 Å². The Morgan fingerprint density at radius 1 is 0.618 bits per heavy atom. The number of hydrogen-bond acceptors (Lipinski definition) is 6. The van der Waals surface area contributed by atoms with Gasteiger partial charge in [0.25, 0.3) is 11.4 Å². The van der Waals surface area contributed by atoms with Gasteiger partial charge in [-0.3, -0.25) is 20.2 Å². The molecule has 0 aromatic heterocycles. The molecule has 4 aromatic rings. The second-order valence-electron chi connectivity index (χ2n) is 7.53. The van der Waals surface area contributed by atoms with E-state index in [1.165, 1.54) is 24.3 Å². The van der Waals surface area contributed by atoms with Crippen LogP contribution in [0.25, 0.3) is 0 Å². The maximum atomic E-state index is 15.0. The van der Waals surface area contributed by atoms with Crippen molar-refractivity contribution in [1.82, 2.24) is 0 Å². The van der Waals surface area contributed by atoms with Crippen molar-refractivity contribution < 1.29 is 14.4 Å². The molecule has 0 aliphatic heterocycles. The first-order valence-electron chi connectivity index (χ1n) is 10.4. The summed E-state index contributed by atoms with van der Waals surface area (Å²) in [6.45, 7) is 0. The highest BCUT2D eigenvalue weighted by Gasteiger charge is 2.38. The van der Waals surface area contributed by atoms with Gasteiger partial charge in [0.1, 0.15) is 5.78 Å². The van der Waals surface area contributed by atoms with Gasteiger partial charge in [0.2, 0.25) is 0 Å². The van der Waals surface area contributed by atoms with Crippen LogP contribution in [-0.4, -0.2) is 9.85 Å². The van der Waals surface area contributed by atoms with E-state index in [0.29, 0.717) is 21.9 Å². The van der Waals surface area contributed by atoms with Crippen LogP contribution in [-0.2, 0) is 4.57 Å². The summed E-state index contributed by atoms with van der Waals surface area (Å²) in [5.41, 5.74) is 0.972. The van der Waals surface area contributed by atoms with Gasteiger partial charge in [0.05, 0.1) is 9.85 Å². The zero-order valence-electron chi connectivity index (χ0n) is 17.9. The lowest BCUT2D eigenvalue weighted by molar-refractivity contribution is -0.385. The summed E-state index contributed by atoms with van der Waals surface area (Å²) >= 11 is 0. The molecule has 1 N–H and O–H groups in total. The molecule has 0 saturated carbocycles. The van der Waals surface area contributed by atoms with Crippen LogP contribution in [0.5, 0.6) is 0 Å². The summed E-state index contributed by atoms with van der Waals surface area (Å²) in [5.74, 6) is -0.792. The predicted octanol–water partition coefficient (Wildman–Crippen LogP) is 5.63. The zero-order valence-corrected chi connectivity index (χ0v) is 18.7. The normalized spacial score (nSPS) is 12.0. The van der Waals surface area contributed by atoms with Gasteiger partial charge in [-0.05, 0) is 29.8 Å². The van der Waals surface area contributed by atoms with E-state index in [1.807, 2.05) is 36.4 Å². The molecule has 0 saturated heterocycles. The molecule has 1 atom stereocenters. The average Bonchev–Trinajstić information content (AvgIpc) is 2.88. The van der Waals surface area contributed by atoms with Gasteiger partial charge in [-0.25, -0.2) is 0 Å². The number of hydrogen-bond donors (Lipinski definition) is 1. The van der Waals surface area contributed by atoms with Crippen molar-refractivity contribution in [2.24, 2.45) is 0 Å². The van der Waals surface area contributed by atoms with Crippen molar-refractivity contribution in [3.8, 4) is 0 Å². The summed E-state index contributed by atoms with van der Waals surface area (Å²) in [7, 11) is -3.41. The Kier molecular flexibility index (Phi) is 6.52. The number of nitrogens with zero attached hydrogens (tertiary/aromatic N) is 2. The second kappa shape index (κ2) is 9.68. The van der Waals surface area contributed by atoms with Crippen molar-refractivity contribution in [3.63, 3.8) is 0 Å². The predicted molar refractivity (Wildman–Crippen MR) is 132 cm³/mol. The minimum atomic E-state index is -3.41. The topological polar surface area (TPSA) is 115 Å². The molecule has 0 amide bonds. The number of nitro benzene ring substituents is 2. The summed E-state index contributed by atoms with van der Waals surface area (Å²) in [6.07, 6.45) is 0. The number of nitrogens with one attached hydrogen (secondary N) is 1. The number of nitro groups is 2. The molecule has 8 nitrogen and oxygen atoms in total. The molecular weight excluding hydrogens is 453 g/mol. The van der Waals surface area contributed by atoms with Gasteiger partial charge in [-0.15, -0.1) is 0 Å². The van der Waals surface area contributed by atoms with E-state index in [9.17, 15) is 20.2 Å². The quantitative estimate of drug-likeness (QED) is 0.202. The molecule has 0 heterocycles. The second-order valence-corrected chi connectivity index (χ2v) is 10.4. The smallest absolute Gasteiger partial charge is 0.269 e. The van der Waals surface area contributed by atoms with Crippen LogP contribution in [0.4, 0.5) is 17.1 Å². The molecular formula is C25H20N3O5P. The third-order valence-electron chi connectivity index (χ3n) is 5.44. The van der Waals surface area contributed by atoms with E-state index in [1.54, 1.807) is 48.5 Å². The van der Waals surface area contributed by atoms with Gasteiger partial charge >= 0.3 is 0 Å². The summed E-state index contributed by atoms with van der Waals surface area (Å²) in [5, 5.41) is 26.8. The largest absolute Gasteiger partial charge is 0.371 e. The Hall–Kier alpha value is -4.29. The number of anilines is 1. The highest BCUT2D eigenvalue weighted by Crippen LogP contribution is 2.57. The van der Waals surface area contributed by atoms with Gasteiger partial charge in [-0.2, -0.15) is 0 Å². The van der Waals surface area contributed by atoms with E-state index in [2.05, 4.69) is 5.32 Å². The van der Waals surface area contributed by atoms with E-state index in [4.69, 9.17) is 0 Å². The lowest BCUT2D eigenvalue weighted by Crippen LogP contribution is -2.25. The molecule has 0 aliphatic rings. The van der Waals surface area contributed by atoms with Crippen LogP contribution in [0.1, 0.15) is 11.3 Å². The molecule has 0 bridgehead atoms. The Morgan fingerprint density at radius 2 is 1.03 bits per heavy atom.